The molecule has 1 heterocycles. The molecule has 6 nitrogen and oxygen atoms in total. The molecular weight excluding hydrogens is 512 g/mol. The number of hydrogen-bond donors (Lipinski definition) is 1. The molecule has 0 bridgehead atoms. The predicted molar refractivity (Wildman–Crippen MR) is 163 cm³/mol. The van der Waals surface area contributed by atoms with Gasteiger partial charge < -0.3 is 14.9 Å². The number of carboxylic acids is 1. The van der Waals surface area contributed by atoms with Gasteiger partial charge in [0, 0.05) is 19.0 Å². The number of rotatable bonds is 8. The second kappa shape index (κ2) is 12.1. The van der Waals surface area contributed by atoms with Gasteiger partial charge in [-0.2, -0.15) is 0 Å². The van der Waals surface area contributed by atoms with Crippen LogP contribution in [-0.4, -0.2) is 57.4 Å². The van der Waals surface area contributed by atoms with Crippen LogP contribution in [-0.2, 0) is 27.2 Å². The van der Waals surface area contributed by atoms with Crippen molar-refractivity contribution >= 4 is 39.3 Å². The van der Waals surface area contributed by atoms with Crippen LogP contribution in [0.2, 0.25) is 0 Å². The fourth-order valence-electron chi connectivity index (χ4n) is 6.12. The third-order valence-electron chi connectivity index (χ3n) is 8.22. The Labute approximate surface area is 241 Å². The third kappa shape index (κ3) is 6.27. The van der Waals surface area contributed by atoms with E-state index in [1.54, 1.807) is 4.90 Å². The minimum absolute atomic E-state index is 0.102. The molecule has 1 saturated heterocycles. The van der Waals surface area contributed by atoms with E-state index in [-0.39, 0.29) is 36.6 Å². The van der Waals surface area contributed by atoms with Gasteiger partial charge in [-0.15, -0.1) is 0 Å². The molecule has 1 aliphatic heterocycles. The van der Waals surface area contributed by atoms with Crippen LogP contribution in [0.1, 0.15) is 44.7 Å². The summed E-state index contributed by atoms with van der Waals surface area (Å²) in [5, 5.41) is 14.6. The molecule has 1 N–H and O–H groups in total. The molecular formula is C35H38N2O4. The highest BCUT2D eigenvalue weighted by Gasteiger charge is 2.42. The van der Waals surface area contributed by atoms with Crippen LogP contribution < -0.4 is 0 Å². The Morgan fingerprint density at radius 1 is 0.854 bits per heavy atom. The largest absolute Gasteiger partial charge is 0.480 e. The van der Waals surface area contributed by atoms with Crippen molar-refractivity contribution in [3.63, 3.8) is 0 Å². The lowest BCUT2D eigenvalue weighted by Crippen LogP contribution is -2.55. The lowest BCUT2D eigenvalue weighted by molar-refractivity contribution is -0.153. The number of carboxylic acid groups (broad SMARTS) is 1. The van der Waals surface area contributed by atoms with Gasteiger partial charge in [-0.3, -0.25) is 9.59 Å². The number of nitrogens with zero attached hydrogens (tertiary/aromatic N) is 2. The summed E-state index contributed by atoms with van der Waals surface area (Å²) >= 11 is 0. The van der Waals surface area contributed by atoms with Gasteiger partial charge in [0.05, 0.1) is 6.42 Å². The summed E-state index contributed by atoms with van der Waals surface area (Å²) in [6.45, 7) is 6.33. The minimum atomic E-state index is -1.03. The van der Waals surface area contributed by atoms with Gasteiger partial charge in [0.2, 0.25) is 11.8 Å². The molecule has 212 valence electrons. The molecule has 0 saturated carbocycles. The number of carbonyl (C=O) groups is 3. The summed E-state index contributed by atoms with van der Waals surface area (Å²) in [4.78, 5) is 43.9. The van der Waals surface area contributed by atoms with E-state index in [1.807, 2.05) is 106 Å². The van der Waals surface area contributed by atoms with Crippen LogP contribution in [0, 0.1) is 5.92 Å². The van der Waals surface area contributed by atoms with Gasteiger partial charge in [-0.25, -0.2) is 4.79 Å². The van der Waals surface area contributed by atoms with E-state index < -0.39 is 18.1 Å². The van der Waals surface area contributed by atoms with Crippen LogP contribution in [0.15, 0.2) is 84.9 Å². The number of amides is 2. The monoisotopic (exact) mass is 550 g/mol. The Morgan fingerprint density at radius 2 is 1.41 bits per heavy atom. The molecule has 5 rings (SSSR count). The van der Waals surface area contributed by atoms with E-state index in [1.165, 1.54) is 4.90 Å². The van der Waals surface area contributed by atoms with Gasteiger partial charge in [-0.1, -0.05) is 98.8 Å². The van der Waals surface area contributed by atoms with Crippen molar-refractivity contribution in [3.8, 4) is 0 Å². The summed E-state index contributed by atoms with van der Waals surface area (Å²) in [5.41, 5.74) is 1.77. The van der Waals surface area contributed by atoms with Crippen LogP contribution in [0.3, 0.4) is 0 Å². The first-order chi connectivity index (χ1) is 19.7. The first-order valence-corrected chi connectivity index (χ1v) is 14.5. The van der Waals surface area contributed by atoms with Gasteiger partial charge in [-0.05, 0) is 58.4 Å². The van der Waals surface area contributed by atoms with E-state index >= 15 is 0 Å². The molecule has 1 fully saturated rings. The molecule has 0 spiro atoms. The number of hydrogen-bond acceptors (Lipinski definition) is 3. The number of benzene rings is 4. The Morgan fingerprint density at radius 3 is 2.00 bits per heavy atom. The molecule has 4 aromatic rings. The van der Waals surface area contributed by atoms with E-state index in [0.29, 0.717) is 19.4 Å². The molecule has 6 heteroatoms. The summed E-state index contributed by atoms with van der Waals surface area (Å²) in [6, 6.07) is 26.0. The van der Waals surface area contributed by atoms with E-state index in [2.05, 4.69) is 0 Å². The Bertz CT molecular complexity index is 1580. The van der Waals surface area contributed by atoms with E-state index in [0.717, 1.165) is 32.7 Å². The number of carbonyl (C=O) groups excluding carboxylic acids is 2. The number of fused-ring (bicyclic) bond motifs is 2. The molecule has 1 aliphatic rings. The molecule has 0 aliphatic carbocycles. The smallest absolute Gasteiger partial charge is 0.326 e. The highest BCUT2D eigenvalue weighted by molar-refractivity contribution is 5.92. The normalized spacial score (nSPS) is 18.6. The van der Waals surface area contributed by atoms with Gasteiger partial charge in [0.1, 0.15) is 12.1 Å². The lowest BCUT2D eigenvalue weighted by atomic mass is 9.97. The van der Waals surface area contributed by atoms with Crippen molar-refractivity contribution in [1.82, 2.24) is 9.80 Å². The number of aliphatic carboxylic acids is 1. The summed E-state index contributed by atoms with van der Waals surface area (Å²) in [6.07, 6.45) is 1.40. The molecule has 0 radical (unpaired) electrons. The van der Waals surface area contributed by atoms with Crippen LogP contribution in [0.5, 0.6) is 0 Å². The molecule has 0 aromatic heterocycles. The minimum Gasteiger partial charge on any atom is -0.480 e. The highest BCUT2D eigenvalue weighted by atomic mass is 16.4. The summed E-state index contributed by atoms with van der Waals surface area (Å²) in [7, 11) is 0. The Kier molecular flexibility index (Phi) is 8.39. The predicted octanol–water partition coefficient (Wildman–Crippen LogP) is 6.10. The zero-order chi connectivity index (χ0) is 29.1. The van der Waals surface area contributed by atoms with Crippen molar-refractivity contribution in [2.75, 3.05) is 6.54 Å². The second-order valence-corrected chi connectivity index (χ2v) is 11.7. The first kappa shape index (κ1) is 28.3. The zero-order valence-electron chi connectivity index (χ0n) is 24.0. The first-order valence-electron chi connectivity index (χ1n) is 14.5. The summed E-state index contributed by atoms with van der Waals surface area (Å²) in [5.74, 6) is -1.26. The van der Waals surface area contributed by atoms with Crippen molar-refractivity contribution in [1.29, 1.82) is 0 Å². The van der Waals surface area contributed by atoms with Crippen LogP contribution in [0.25, 0.3) is 21.5 Å². The van der Waals surface area contributed by atoms with Gasteiger partial charge >= 0.3 is 5.97 Å². The van der Waals surface area contributed by atoms with Crippen LogP contribution >= 0.6 is 0 Å². The molecule has 41 heavy (non-hydrogen) atoms. The molecule has 0 unspecified atom stereocenters. The third-order valence-corrected chi connectivity index (χ3v) is 8.22. The average Bonchev–Trinajstić information content (AvgIpc) is 3.06. The zero-order valence-corrected chi connectivity index (χ0v) is 24.0. The molecule has 4 aromatic carbocycles. The fraction of sp³-hybridized carbons (Fsp3) is 0.343. The quantitative estimate of drug-likeness (QED) is 0.288. The maximum atomic E-state index is 14.2. The highest BCUT2D eigenvalue weighted by Crippen LogP contribution is 2.27. The van der Waals surface area contributed by atoms with E-state index in [4.69, 9.17) is 0 Å². The van der Waals surface area contributed by atoms with Crippen molar-refractivity contribution in [2.45, 2.75) is 64.6 Å². The Balaban J connectivity index is 1.42. The molecule has 3 atom stereocenters. The lowest BCUT2D eigenvalue weighted by Gasteiger charge is -2.36. The van der Waals surface area contributed by atoms with E-state index in [9.17, 15) is 19.5 Å². The van der Waals surface area contributed by atoms with Gasteiger partial charge in [0.15, 0.2) is 0 Å². The van der Waals surface area contributed by atoms with Crippen molar-refractivity contribution in [2.24, 2.45) is 5.92 Å². The fourth-order valence-corrected chi connectivity index (χ4v) is 6.12. The average molecular weight is 551 g/mol. The second-order valence-electron chi connectivity index (χ2n) is 11.7. The van der Waals surface area contributed by atoms with Gasteiger partial charge in [0.25, 0.3) is 0 Å². The van der Waals surface area contributed by atoms with Crippen molar-refractivity contribution in [3.05, 3.63) is 96.1 Å². The summed E-state index contributed by atoms with van der Waals surface area (Å²) < 4.78 is 0. The SMILES string of the molecule is CC(C)C[C@H]1C(=O)N([C@@H](Cc2ccc3ccccc3c2)C(=O)O)CC[C@@H](C)N1C(=O)Cc1ccc2ccccc2c1. The molecule has 2 amide bonds. The standard InChI is InChI=1S/C35H38N2O4/c1-23(2)18-31-34(39)36(32(35(40)41)21-25-12-14-27-8-4-6-10-29(27)19-25)17-16-24(3)37(31)33(38)22-26-13-15-28-9-5-7-11-30(28)20-26/h4-15,19-20,23-24,31-32H,16-18,21-22H2,1-3H3,(H,40,41)/t24-,31+,32+/m1/s1. The Hall–Kier alpha value is -4.19. The maximum Gasteiger partial charge on any atom is 0.326 e. The topological polar surface area (TPSA) is 77.9 Å². The maximum absolute atomic E-state index is 14.2. The van der Waals surface area contributed by atoms with Crippen LogP contribution in [0.4, 0.5) is 0 Å². The van der Waals surface area contributed by atoms with Crippen molar-refractivity contribution < 1.29 is 19.5 Å².